The summed E-state index contributed by atoms with van der Waals surface area (Å²) in [5, 5.41) is 19.9. The highest BCUT2D eigenvalue weighted by Crippen LogP contribution is 2.30. The molecule has 3 rings (SSSR count). The van der Waals surface area contributed by atoms with E-state index in [4.69, 9.17) is 21.7 Å². The number of nitro groups is 1. The molecule has 2 aromatic carbocycles. The lowest BCUT2D eigenvalue weighted by Crippen LogP contribution is -2.37. The van der Waals surface area contributed by atoms with Crippen LogP contribution in [0.2, 0.25) is 0 Å². The number of carbonyl (C=O) groups is 2. The first-order chi connectivity index (χ1) is 17.3. The lowest BCUT2D eigenvalue weighted by molar-refractivity contribution is -0.384. The van der Waals surface area contributed by atoms with Crippen molar-refractivity contribution < 1.29 is 24.0 Å². The van der Waals surface area contributed by atoms with Crippen LogP contribution in [-0.4, -0.2) is 55.3 Å². The van der Waals surface area contributed by atoms with Crippen molar-refractivity contribution in [1.82, 2.24) is 5.32 Å². The van der Waals surface area contributed by atoms with Gasteiger partial charge < -0.3 is 25.0 Å². The number of carbonyl (C=O) groups excluding carboxylic acids is 2. The van der Waals surface area contributed by atoms with Gasteiger partial charge in [0, 0.05) is 42.9 Å². The van der Waals surface area contributed by atoms with E-state index in [0.717, 1.165) is 12.8 Å². The van der Waals surface area contributed by atoms with E-state index in [-0.39, 0.29) is 22.3 Å². The SMILES string of the molecule is CCCCC(=O)Nc1ccc(NC(=S)NC(=O)c2ccc(N3CCOCC3)c([N+](=O)[O-])c2)cc1OC. The number of nitro benzene ring substituents is 1. The van der Waals surface area contributed by atoms with Gasteiger partial charge >= 0.3 is 0 Å². The van der Waals surface area contributed by atoms with Crippen LogP contribution in [-0.2, 0) is 9.53 Å². The van der Waals surface area contributed by atoms with Crippen molar-refractivity contribution in [2.75, 3.05) is 48.9 Å². The quantitative estimate of drug-likeness (QED) is 0.259. The average molecular weight is 516 g/mol. The Balaban J connectivity index is 1.66. The molecule has 12 heteroatoms. The van der Waals surface area contributed by atoms with Gasteiger partial charge in [-0.25, -0.2) is 0 Å². The van der Waals surface area contributed by atoms with Gasteiger partial charge in [0.1, 0.15) is 11.4 Å². The van der Waals surface area contributed by atoms with Crippen LogP contribution in [0, 0.1) is 10.1 Å². The molecule has 1 fully saturated rings. The van der Waals surface area contributed by atoms with E-state index >= 15 is 0 Å². The molecule has 3 N–H and O–H groups in total. The largest absolute Gasteiger partial charge is 0.494 e. The molecule has 192 valence electrons. The Hall–Kier alpha value is -3.77. The van der Waals surface area contributed by atoms with Crippen molar-refractivity contribution in [3.05, 3.63) is 52.1 Å². The van der Waals surface area contributed by atoms with Crippen LogP contribution in [0.1, 0.15) is 36.5 Å². The Morgan fingerprint density at radius 3 is 2.58 bits per heavy atom. The molecule has 0 aromatic heterocycles. The summed E-state index contributed by atoms with van der Waals surface area (Å²) in [4.78, 5) is 37.8. The van der Waals surface area contributed by atoms with Crippen LogP contribution in [0.4, 0.5) is 22.7 Å². The van der Waals surface area contributed by atoms with E-state index in [1.54, 1.807) is 24.3 Å². The molecule has 1 heterocycles. The number of unbranched alkanes of at least 4 members (excludes halogenated alkanes) is 1. The minimum absolute atomic E-state index is 0.00157. The standard InChI is InChI=1S/C24H29N5O6S/c1-3-4-5-22(30)26-18-8-7-17(15-21(18)34-2)25-24(36)27-23(31)16-6-9-19(20(14-16)29(32)33)28-10-12-35-13-11-28/h6-9,14-15H,3-5,10-13H2,1-2H3,(H,26,30)(H2,25,27,31,36). The highest BCUT2D eigenvalue weighted by atomic mass is 32.1. The molecule has 1 aliphatic rings. The molecular formula is C24H29N5O6S. The molecule has 2 amide bonds. The Morgan fingerprint density at radius 1 is 1.17 bits per heavy atom. The summed E-state index contributed by atoms with van der Waals surface area (Å²) in [5.74, 6) is -0.267. The second-order valence-electron chi connectivity index (χ2n) is 8.04. The zero-order valence-electron chi connectivity index (χ0n) is 20.2. The lowest BCUT2D eigenvalue weighted by Gasteiger charge is -2.28. The first-order valence-electron chi connectivity index (χ1n) is 11.5. The van der Waals surface area contributed by atoms with Gasteiger partial charge in [-0.15, -0.1) is 0 Å². The second-order valence-corrected chi connectivity index (χ2v) is 8.44. The number of nitrogens with one attached hydrogen (secondary N) is 3. The smallest absolute Gasteiger partial charge is 0.293 e. The second kappa shape index (κ2) is 12.8. The molecule has 2 aromatic rings. The molecule has 1 aliphatic heterocycles. The molecule has 0 unspecified atom stereocenters. The fourth-order valence-corrected chi connectivity index (χ4v) is 3.85. The number of benzene rings is 2. The zero-order chi connectivity index (χ0) is 26.1. The molecule has 0 saturated carbocycles. The Kier molecular flexibility index (Phi) is 9.53. The van der Waals surface area contributed by atoms with Crippen LogP contribution in [0.5, 0.6) is 5.75 Å². The third-order valence-corrected chi connectivity index (χ3v) is 5.71. The molecule has 11 nitrogen and oxygen atoms in total. The number of hydrogen-bond donors (Lipinski definition) is 3. The van der Waals surface area contributed by atoms with Crippen LogP contribution < -0.4 is 25.6 Å². The van der Waals surface area contributed by atoms with Crippen LogP contribution in [0.3, 0.4) is 0 Å². The van der Waals surface area contributed by atoms with E-state index in [1.165, 1.54) is 19.2 Å². The first kappa shape index (κ1) is 26.8. The predicted molar refractivity (Wildman–Crippen MR) is 141 cm³/mol. The van der Waals surface area contributed by atoms with Gasteiger partial charge in [-0.3, -0.25) is 25.0 Å². The van der Waals surface area contributed by atoms with Gasteiger partial charge in [-0.2, -0.15) is 0 Å². The molecular weight excluding hydrogens is 486 g/mol. The van der Waals surface area contributed by atoms with Gasteiger partial charge in [0.05, 0.1) is 30.9 Å². The van der Waals surface area contributed by atoms with Gasteiger partial charge in [-0.05, 0) is 42.9 Å². The van der Waals surface area contributed by atoms with E-state index in [1.807, 2.05) is 11.8 Å². The fourth-order valence-electron chi connectivity index (χ4n) is 3.64. The summed E-state index contributed by atoms with van der Waals surface area (Å²) in [6, 6.07) is 9.31. The molecule has 0 atom stereocenters. The van der Waals surface area contributed by atoms with E-state index in [9.17, 15) is 19.7 Å². The number of methoxy groups -OCH3 is 1. The number of nitrogens with zero attached hydrogens (tertiary/aromatic N) is 2. The average Bonchev–Trinajstić information content (AvgIpc) is 2.88. The number of ether oxygens (including phenoxy) is 2. The minimum atomic E-state index is -0.587. The maximum absolute atomic E-state index is 12.7. The van der Waals surface area contributed by atoms with Crippen molar-refractivity contribution >= 4 is 51.9 Å². The first-order valence-corrected chi connectivity index (χ1v) is 11.9. The molecule has 0 bridgehead atoms. The number of hydrogen-bond acceptors (Lipinski definition) is 8. The molecule has 1 saturated heterocycles. The third-order valence-electron chi connectivity index (χ3n) is 5.50. The Bertz CT molecular complexity index is 1140. The van der Waals surface area contributed by atoms with Crippen molar-refractivity contribution in [3.63, 3.8) is 0 Å². The third kappa shape index (κ3) is 7.12. The van der Waals surface area contributed by atoms with E-state index < -0.39 is 10.8 Å². The van der Waals surface area contributed by atoms with Crippen molar-refractivity contribution in [2.24, 2.45) is 0 Å². The fraction of sp³-hybridized carbons (Fsp3) is 0.375. The summed E-state index contributed by atoms with van der Waals surface area (Å²) in [7, 11) is 1.48. The van der Waals surface area contributed by atoms with Gasteiger partial charge in [0.15, 0.2) is 5.11 Å². The lowest BCUT2D eigenvalue weighted by atomic mass is 10.1. The minimum Gasteiger partial charge on any atom is -0.494 e. The number of anilines is 3. The van der Waals surface area contributed by atoms with Crippen LogP contribution in [0.25, 0.3) is 0 Å². The summed E-state index contributed by atoms with van der Waals surface area (Å²) in [6.07, 6.45) is 2.13. The monoisotopic (exact) mass is 515 g/mol. The van der Waals surface area contributed by atoms with Gasteiger partial charge in [-0.1, -0.05) is 13.3 Å². The number of rotatable bonds is 9. The number of amides is 2. The molecule has 0 radical (unpaired) electrons. The van der Waals surface area contributed by atoms with E-state index in [2.05, 4.69) is 16.0 Å². The summed E-state index contributed by atoms with van der Waals surface area (Å²) in [6.45, 7) is 4.04. The predicted octanol–water partition coefficient (Wildman–Crippen LogP) is 3.70. The maximum Gasteiger partial charge on any atom is 0.293 e. The topological polar surface area (TPSA) is 135 Å². The zero-order valence-corrected chi connectivity index (χ0v) is 21.0. The summed E-state index contributed by atoms with van der Waals surface area (Å²) >= 11 is 5.25. The summed E-state index contributed by atoms with van der Waals surface area (Å²) in [5.41, 5.74) is 1.42. The van der Waals surface area contributed by atoms with Crippen LogP contribution >= 0.6 is 12.2 Å². The van der Waals surface area contributed by atoms with Crippen molar-refractivity contribution in [2.45, 2.75) is 26.2 Å². The van der Waals surface area contributed by atoms with Crippen molar-refractivity contribution in [3.8, 4) is 5.75 Å². The highest BCUT2D eigenvalue weighted by molar-refractivity contribution is 7.80. The van der Waals surface area contributed by atoms with Gasteiger partial charge in [0.25, 0.3) is 11.6 Å². The number of thiocarbonyl (C=S) groups is 1. The normalized spacial score (nSPS) is 13.0. The maximum atomic E-state index is 12.7. The van der Waals surface area contributed by atoms with Crippen molar-refractivity contribution in [1.29, 1.82) is 0 Å². The van der Waals surface area contributed by atoms with E-state index in [0.29, 0.717) is 55.5 Å². The molecule has 0 spiro atoms. The Labute approximate surface area is 214 Å². The van der Waals surface area contributed by atoms with Gasteiger partial charge in [0.2, 0.25) is 5.91 Å². The molecule has 0 aliphatic carbocycles. The highest BCUT2D eigenvalue weighted by Gasteiger charge is 2.23. The van der Waals surface area contributed by atoms with Crippen LogP contribution in [0.15, 0.2) is 36.4 Å². The molecule has 36 heavy (non-hydrogen) atoms. The summed E-state index contributed by atoms with van der Waals surface area (Å²) < 4.78 is 10.7. The number of morpholine rings is 1. The Morgan fingerprint density at radius 2 is 1.92 bits per heavy atom.